The molecule has 5 aliphatic carbocycles. The quantitative estimate of drug-likeness (QED) is 0.240. The van der Waals surface area contributed by atoms with E-state index in [1.54, 1.807) is 6.08 Å². The summed E-state index contributed by atoms with van der Waals surface area (Å²) in [5.74, 6) is 2.22. The molecule has 4 fully saturated rings. The summed E-state index contributed by atoms with van der Waals surface area (Å²) in [6.45, 7) is 11.1. The molecule has 0 spiro atoms. The van der Waals surface area contributed by atoms with Gasteiger partial charge < -0.3 is 4.74 Å². The first-order chi connectivity index (χ1) is 15.1. The molecule has 0 aromatic carbocycles. The zero-order valence-electron chi connectivity index (χ0n) is 20.9. The number of hydrogen-bond donors (Lipinski definition) is 0. The van der Waals surface area contributed by atoms with Crippen molar-refractivity contribution >= 4 is 5.97 Å². The molecule has 0 atom stereocenters. The first-order valence-electron chi connectivity index (χ1n) is 12.8. The molecular weight excluding hydrogens is 392 g/mol. The lowest BCUT2D eigenvalue weighted by molar-refractivity contribution is -0.181. The van der Waals surface area contributed by atoms with Gasteiger partial charge in [0.15, 0.2) is 0 Å². The van der Waals surface area contributed by atoms with Crippen LogP contribution < -0.4 is 0 Å². The van der Waals surface area contributed by atoms with Crippen LogP contribution in [0, 0.1) is 23.2 Å². The lowest BCUT2D eigenvalue weighted by atomic mass is 9.54. The lowest BCUT2D eigenvalue weighted by Gasteiger charge is -2.55. The van der Waals surface area contributed by atoms with Crippen molar-refractivity contribution in [3.8, 4) is 0 Å². The van der Waals surface area contributed by atoms with E-state index in [9.17, 15) is 4.79 Å². The molecule has 0 aromatic rings. The summed E-state index contributed by atoms with van der Waals surface area (Å²) in [6, 6.07) is 0. The Morgan fingerprint density at radius 1 is 0.969 bits per heavy atom. The number of ether oxygens (including phenoxy) is 1. The van der Waals surface area contributed by atoms with Crippen LogP contribution in [-0.2, 0) is 9.53 Å². The minimum atomic E-state index is -0.159. The van der Waals surface area contributed by atoms with E-state index in [0.717, 1.165) is 42.6 Å². The van der Waals surface area contributed by atoms with E-state index < -0.39 is 0 Å². The molecule has 5 rings (SSSR count). The number of esters is 1. The number of rotatable bonds is 6. The molecule has 0 amide bonds. The van der Waals surface area contributed by atoms with E-state index in [0.29, 0.717) is 0 Å². The molecular formula is C30H42O2. The number of allylic oxidation sites excluding steroid dienone is 9. The van der Waals surface area contributed by atoms with E-state index in [1.807, 2.05) is 19.1 Å². The van der Waals surface area contributed by atoms with Gasteiger partial charge in [-0.1, -0.05) is 55.4 Å². The summed E-state index contributed by atoms with van der Waals surface area (Å²) in [5.41, 5.74) is 5.28. The van der Waals surface area contributed by atoms with Crippen LogP contribution >= 0.6 is 0 Å². The Labute approximate surface area is 195 Å². The number of carbonyl (C=O) groups excluding carboxylic acids is 1. The monoisotopic (exact) mass is 434 g/mol. The Morgan fingerprint density at radius 3 is 2.19 bits per heavy atom. The van der Waals surface area contributed by atoms with Gasteiger partial charge in [-0.05, 0) is 113 Å². The summed E-state index contributed by atoms with van der Waals surface area (Å²) in [5, 5.41) is 0. The molecule has 0 unspecified atom stereocenters. The lowest BCUT2D eigenvalue weighted by Crippen LogP contribution is -2.52. The Kier molecular flexibility index (Phi) is 6.71. The third kappa shape index (κ3) is 5.38. The van der Waals surface area contributed by atoms with Crippen molar-refractivity contribution in [1.29, 1.82) is 0 Å². The van der Waals surface area contributed by atoms with E-state index in [1.165, 1.54) is 55.2 Å². The fraction of sp³-hybridized carbons (Fsp3) is 0.633. The Morgan fingerprint density at radius 2 is 1.59 bits per heavy atom. The molecule has 5 aliphatic rings. The normalized spacial score (nSPS) is 34.7. The van der Waals surface area contributed by atoms with Gasteiger partial charge >= 0.3 is 5.97 Å². The van der Waals surface area contributed by atoms with Crippen LogP contribution in [0.3, 0.4) is 0 Å². The second-order valence-corrected chi connectivity index (χ2v) is 11.9. The Balaban J connectivity index is 1.33. The van der Waals surface area contributed by atoms with Crippen LogP contribution in [0.4, 0.5) is 0 Å². The fourth-order valence-electron chi connectivity index (χ4n) is 7.27. The standard InChI is InChI=1S/C30H42O2/c1-21(11-12-27-23(3)10-7-13-29(27,4)5)8-6-9-22(2)14-28(31)32-30-18-24-15-25(19-30)17-26(16-24)20-30/h6,8-9,11-12,14,24-26H,7,10,13,15-20H2,1-5H3/b9-6+,12-11+,21-8+,22-14+. The Hall–Kier alpha value is -1.83. The largest absolute Gasteiger partial charge is 0.456 e. The molecule has 4 bridgehead atoms. The smallest absolute Gasteiger partial charge is 0.331 e. The maximum absolute atomic E-state index is 12.6. The molecule has 2 nitrogen and oxygen atoms in total. The first kappa shape index (κ1) is 23.3. The molecule has 4 saturated carbocycles. The predicted octanol–water partition coefficient (Wildman–Crippen LogP) is 8.03. The summed E-state index contributed by atoms with van der Waals surface area (Å²) >= 11 is 0. The molecule has 0 saturated heterocycles. The molecule has 0 heterocycles. The average molecular weight is 435 g/mol. The van der Waals surface area contributed by atoms with E-state index >= 15 is 0 Å². The summed E-state index contributed by atoms with van der Waals surface area (Å²) in [6.07, 6.45) is 23.5. The van der Waals surface area contributed by atoms with E-state index in [2.05, 4.69) is 45.9 Å². The molecule has 174 valence electrons. The molecule has 0 radical (unpaired) electrons. The van der Waals surface area contributed by atoms with Crippen molar-refractivity contribution in [2.75, 3.05) is 0 Å². The van der Waals surface area contributed by atoms with Crippen molar-refractivity contribution in [3.05, 3.63) is 58.7 Å². The number of hydrogen-bond acceptors (Lipinski definition) is 2. The predicted molar refractivity (Wildman–Crippen MR) is 133 cm³/mol. The van der Waals surface area contributed by atoms with Gasteiger partial charge in [-0.2, -0.15) is 0 Å². The van der Waals surface area contributed by atoms with E-state index in [4.69, 9.17) is 4.74 Å². The maximum Gasteiger partial charge on any atom is 0.331 e. The highest BCUT2D eigenvalue weighted by Gasteiger charge is 2.53. The summed E-state index contributed by atoms with van der Waals surface area (Å²) < 4.78 is 6.10. The topological polar surface area (TPSA) is 26.3 Å². The maximum atomic E-state index is 12.6. The van der Waals surface area contributed by atoms with Crippen LogP contribution in [0.1, 0.15) is 92.4 Å². The summed E-state index contributed by atoms with van der Waals surface area (Å²) in [7, 11) is 0. The van der Waals surface area contributed by atoms with Gasteiger partial charge in [0, 0.05) is 6.08 Å². The van der Waals surface area contributed by atoms with Crippen molar-refractivity contribution in [2.45, 2.75) is 98.0 Å². The average Bonchev–Trinajstić information content (AvgIpc) is 2.65. The van der Waals surface area contributed by atoms with Crippen LogP contribution in [0.2, 0.25) is 0 Å². The van der Waals surface area contributed by atoms with Gasteiger partial charge in [-0.3, -0.25) is 0 Å². The molecule has 0 aliphatic heterocycles. The third-order valence-electron chi connectivity index (χ3n) is 8.42. The van der Waals surface area contributed by atoms with Crippen LogP contribution in [-0.4, -0.2) is 11.6 Å². The molecule has 2 heteroatoms. The van der Waals surface area contributed by atoms with Crippen molar-refractivity contribution < 1.29 is 9.53 Å². The zero-order chi connectivity index (χ0) is 22.9. The van der Waals surface area contributed by atoms with E-state index in [-0.39, 0.29) is 17.0 Å². The summed E-state index contributed by atoms with van der Waals surface area (Å²) in [4.78, 5) is 12.6. The second-order valence-electron chi connectivity index (χ2n) is 11.9. The van der Waals surface area contributed by atoms with Crippen LogP contribution in [0.25, 0.3) is 0 Å². The SMILES string of the molecule is CC1=C(/C=C/C(C)=C/C=C/C(C)=C/C(=O)OC23CC4CC(CC(C4)C2)C3)C(C)(C)CCC1. The van der Waals surface area contributed by atoms with Gasteiger partial charge in [0.2, 0.25) is 0 Å². The molecule has 0 N–H and O–H groups in total. The van der Waals surface area contributed by atoms with Crippen LogP contribution in [0.5, 0.6) is 0 Å². The van der Waals surface area contributed by atoms with Gasteiger partial charge in [0.25, 0.3) is 0 Å². The van der Waals surface area contributed by atoms with Crippen molar-refractivity contribution in [1.82, 2.24) is 0 Å². The highest BCUT2D eigenvalue weighted by atomic mass is 16.6. The second kappa shape index (κ2) is 9.20. The molecule has 0 aromatic heterocycles. The van der Waals surface area contributed by atoms with Crippen molar-refractivity contribution in [2.24, 2.45) is 23.2 Å². The fourth-order valence-corrected chi connectivity index (χ4v) is 7.27. The minimum Gasteiger partial charge on any atom is -0.456 e. The highest BCUT2D eigenvalue weighted by Crippen LogP contribution is 2.57. The van der Waals surface area contributed by atoms with Gasteiger partial charge in [-0.15, -0.1) is 0 Å². The first-order valence-corrected chi connectivity index (χ1v) is 12.8. The van der Waals surface area contributed by atoms with Gasteiger partial charge in [0.05, 0.1) is 0 Å². The van der Waals surface area contributed by atoms with Crippen LogP contribution in [0.15, 0.2) is 58.7 Å². The highest BCUT2D eigenvalue weighted by molar-refractivity contribution is 5.83. The van der Waals surface area contributed by atoms with Crippen molar-refractivity contribution in [3.63, 3.8) is 0 Å². The molecule has 32 heavy (non-hydrogen) atoms. The minimum absolute atomic E-state index is 0.156. The zero-order valence-corrected chi connectivity index (χ0v) is 20.9. The third-order valence-corrected chi connectivity index (χ3v) is 8.42. The van der Waals surface area contributed by atoms with Gasteiger partial charge in [-0.25, -0.2) is 4.79 Å². The number of carbonyl (C=O) groups is 1. The Bertz CT molecular complexity index is 855. The van der Waals surface area contributed by atoms with Gasteiger partial charge in [0.1, 0.15) is 5.60 Å².